The van der Waals surface area contributed by atoms with Gasteiger partial charge in [0.05, 0.1) is 12.2 Å². The second-order valence-corrected chi connectivity index (χ2v) is 8.91. The first kappa shape index (κ1) is 31.1. The Hall–Kier alpha value is -1.92. The van der Waals surface area contributed by atoms with Crippen LogP contribution in [0.4, 0.5) is 0 Å². The van der Waals surface area contributed by atoms with Gasteiger partial charge in [0.2, 0.25) is 0 Å². The summed E-state index contributed by atoms with van der Waals surface area (Å²) in [5.74, 6) is 3.61. The van der Waals surface area contributed by atoms with Crippen molar-refractivity contribution in [3.8, 4) is 12.3 Å². The van der Waals surface area contributed by atoms with Crippen molar-refractivity contribution in [2.75, 3.05) is 7.05 Å². The lowest BCUT2D eigenvalue weighted by atomic mass is 9.94. The number of amidine groups is 1. The highest BCUT2D eigenvalue weighted by Crippen LogP contribution is 2.29. The fraction of sp³-hybridized carbons (Fsp3) is 0.536. The van der Waals surface area contributed by atoms with Gasteiger partial charge in [-0.3, -0.25) is 4.99 Å². The highest BCUT2D eigenvalue weighted by Gasteiger charge is 2.29. The average molecular weight is 473 g/mol. The van der Waals surface area contributed by atoms with Gasteiger partial charge in [0.1, 0.15) is 11.9 Å². The van der Waals surface area contributed by atoms with Gasteiger partial charge < -0.3 is 15.6 Å². The Balaban J connectivity index is 0.000000536. The van der Waals surface area contributed by atoms with Crippen LogP contribution in [0.15, 0.2) is 52.6 Å². The molecule has 0 aliphatic carbocycles. The lowest BCUT2D eigenvalue weighted by Crippen LogP contribution is -2.18. The molecule has 0 amide bonds. The zero-order valence-electron chi connectivity index (χ0n) is 21.6. The summed E-state index contributed by atoms with van der Waals surface area (Å²) < 4.78 is 5.65. The molecule has 0 aromatic heterocycles. The monoisotopic (exact) mass is 472 g/mol. The second kappa shape index (κ2) is 17.5. The topological polar surface area (TPSA) is 67.8 Å². The molecule has 33 heavy (non-hydrogen) atoms. The summed E-state index contributed by atoms with van der Waals surface area (Å²) in [5, 5.41) is 11.2. The van der Waals surface area contributed by atoms with Crippen molar-refractivity contribution in [3.05, 3.63) is 53.1 Å². The van der Waals surface area contributed by atoms with Crippen molar-refractivity contribution in [2.45, 2.75) is 85.5 Å². The standard InChI is InChI=1S/C12H22N2.C12H17O2P.C4H6/c1-6-8-11(12(13)14-5)10(4)9(3)7-2;1-8-2-7-11(14-8)12(13)9-3-5-10(15)6-4-9;1-3-4-2/h6,8-9H,7H2,1-5H3,(H2,13,14);3-6,8,11-13H,2,7,15H2,1H3;1H,4H2,2H3/b8-6-,11-10+;;/t9-;;/m1../s1. The van der Waals surface area contributed by atoms with Gasteiger partial charge in [0.15, 0.2) is 0 Å². The largest absolute Gasteiger partial charge is 0.386 e. The molecule has 2 rings (SSSR count). The number of allylic oxidation sites excluding steroid dienone is 2. The van der Waals surface area contributed by atoms with Crippen LogP contribution in [0.5, 0.6) is 0 Å². The fourth-order valence-electron chi connectivity index (χ4n) is 3.25. The highest BCUT2D eigenvalue weighted by molar-refractivity contribution is 7.27. The van der Waals surface area contributed by atoms with Gasteiger partial charge in [0.25, 0.3) is 0 Å². The van der Waals surface area contributed by atoms with Gasteiger partial charge in [-0.05, 0) is 56.8 Å². The van der Waals surface area contributed by atoms with Crippen LogP contribution in [-0.4, -0.2) is 30.2 Å². The van der Waals surface area contributed by atoms with Crippen molar-refractivity contribution in [1.29, 1.82) is 0 Å². The summed E-state index contributed by atoms with van der Waals surface area (Å²) in [5.41, 5.74) is 9.17. The molecule has 1 aromatic carbocycles. The average Bonchev–Trinajstić information content (AvgIpc) is 3.27. The number of ether oxygens (including phenoxy) is 1. The van der Waals surface area contributed by atoms with E-state index in [1.807, 2.05) is 50.3 Å². The van der Waals surface area contributed by atoms with Crippen molar-refractivity contribution in [2.24, 2.45) is 16.6 Å². The minimum Gasteiger partial charge on any atom is -0.386 e. The van der Waals surface area contributed by atoms with E-state index in [9.17, 15) is 5.11 Å². The summed E-state index contributed by atoms with van der Waals surface area (Å²) in [7, 11) is 4.36. The third-order valence-electron chi connectivity index (χ3n) is 5.73. The van der Waals surface area contributed by atoms with Crippen LogP contribution in [-0.2, 0) is 4.74 Å². The van der Waals surface area contributed by atoms with Crippen molar-refractivity contribution < 1.29 is 9.84 Å². The smallest absolute Gasteiger partial charge is 0.125 e. The Bertz CT molecular complexity index is 806. The summed E-state index contributed by atoms with van der Waals surface area (Å²) in [6, 6.07) is 7.89. The SMILES string of the molecule is C#CCC.C/C=C\C(C(N)=NC)=C(\C)[C@H](C)CC.CC1CCC(C(O)c2ccc(P)cc2)O1. The molecule has 4 unspecified atom stereocenters. The van der Waals surface area contributed by atoms with Crippen LogP contribution in [0.25, 0.3) is 0 Å². The summed E-state index contributed by atoms with van der Waals surface area (Å²) >= 11 is 0. The van der Waals surface area contributed by atoms with E-state index in [1.54, 1.807) is 7.05 Å². The molecule has 3 N–H and O–H groups in total. The molecule has 1 aliphatic rings. The molecule has 1 heterocycles. The maximum atomic E-state index is 10.1. The Morgan fingerprint density at radius 2 is 1.91 bits per heavy atom. The van der Waals surface area contributed by atoms with Crippen molar-refractivity contribution in [1.82, 2.24) is 0 Å². The molecule has 1 aromatic rings. The van der Waals surface area contributed by atoms with Crippen molar-refractivity contribution in [3.63, 3.8) is 0 Å². The van der Waals surface area contributed by atoms with E-state index in [0.717, 1.165) is 42.1 Å². The van der Waals surface area contributed by atoms with Gasteiger partial charge in [-0.15, -0.1) is 21.6 Å². The van der Waals surface area contributed by atoms with Crippen LogP contribution in [0.3, 0.4) is 0 Å². The van der Waals surface area contributed by atoms with Crippen molar-refractivity contribution >= 4 is 20.4 Å². The molecule has 1 fully saturated rings. The molecule has 0 radical (unpaired) electrons. The van der Waals surface area contributed by atoms with E-state index >= 15 is 0 Å². The van der Waals surface area contributed by atoms with Crippen LogP contribution < -0.4 is 11.0 Å². The Kier molecular flexibility index (Phi) is 16.5. The van der Waals surface area contributed by atoms with E-state index in [0.29, 0.717) is 11.8 Å². The van der Waals surface area contributed by atoms with Crippen LogP contribution in [0.2, 0.25) is 0 Å². The van der Waals surface area contributed by atoms with Crippen LogP contribution in [0, 0.1) is 18.3 Å². The number of aliphatic imine (C=N–C) groups is 1. The number of hydrogen-bond donors (Lipinski definition) is 2. The summed E-state index contributed by atoms with van der Waals surface area (Å²) in [6.07, 6.45) is 12.5. The van der Waals surface area contributed by atoms with Gasteiger partial charge in [-0.25, -0.2) is 0 Å². The number of hydrogen-bond acceptors (Lipinski definition) is 3. The molecular weight excluding hydrogens is 427 g/mol. The Morgan fingerprint density at radius 3 is 2.30 bits per heavy atom. The Morgan fingerprint density at radius 1 is 1.33 bits per heavy atom. The third-order valence-corrected chi connectivity index (χ3v) is 6.11. The van der Waals surface area contributed by atoms with E-state index in [1.165, 1.54) is 5.57 Å². The lowest BCUT2D eigenvalue weighted by Gasteiger charge is -2.18. The van der Waals surface area contributed by atoms with Crippen LogP contribution in [0.1, 0.15) is 78.9 Å². The number of terminal acetylenes is 1. The number of aliphatic hydroxyl groups excluding tert-OH is 1. The molecule has 0 saturated carbocycles. The first-order chi connectivity index (χ1) is 15.7. The van der Waals surface area contributed by atoms with Gasteiger partial charge in [0, 0.05) is 19.0 Å². The van der Waals surface area contributed by atoms with Gasteiger partial charge in [-0.1, -0.05) is 62.8 Å². The fourth-order valence-corrected chi connectivity index (χ4v) is 3.44. The predicted octanol–water partition coefficient (Wildman–Crippen LogP) is 5.73. The minimum absolute atomic E-state index is 0.0321. The van der Waals surface area contributed by atoms with E-state index in [2.05, 4.69) is 47.8 Å². The van der Waals surface area contributed by atoms with Gasteiger partial charge >= 0.3 is 0 Å². The van der Waals surface area contributed by atoms with Gasteiger partial charge in [-0.2, -0.15) is 0 Å². The number of nitrogens with zero attached hydrogens (tertiary/aromatic N) is 1. The molecule has 4 nitrogen and oxygen atoms in total. The second-order valence-electron chi connectivity index (χ2n) is 8.25. The third kappa shape index (κ3) is 11.7. The Labute approximate surface area is 205 Å². The molecule has 1 aliphatic heterocycles. The lowest BCUT2D eigenvalue weighted by molar-refractivity contribution is -0.0297. The van der Waals surface area contributed by atoms with E-state index in [4.69, 9.17) is 16.9 Å². The number of rotatable bonds is 6. The summed E-state index contributed by atoms with van der Waals surface area (Å²) in [4.78, 5) is 4.03. The zero-order valence-corrected chi connectivity index (χ0v) is 22.8. The summed E-state index contributed by atoms with van der Waals surface area (Å²) in [6.45, 7) is 12.5. The first-order valence-electron chi connectivity index (χ1n) is 11.8. The number of aliphatic hydroxyl groups is 1. The maximum Gasteiger partial charge on any atom is 0.125 e. The first-order valence-corrected chi connectivity index (χ1v) is 12.4. The quantitative estimate of drug-likeness (QED) is 0.183. The van der Waals surface area contributed by atoms with E-state index in [-0.39, 0.29) is 12.2 Å². The molecule has 0 bridgehead atoms. The predicted molar refractivity (Wildman–Crippen MR) is 148 cm³/mol. The number of benzene rings is 1. The molecule has 1 saturated heterocycles. The highest BCUT2D eigenvalue weighted by atomic mass is 31.0. The molecular formula is C28H45N2O2P. The molecule has 5 atom stereocenters. The maximum absolute atomic E-state index is 10.1. The molecule has 5 heteroatoms. The minimum atomic E-state index is -0.486. The normalized spacial score (nSPS) is 20.5. The van der Waals surface area contributed by atoms with E-state index < -0.39 is 6.10 Å². The molecule has 184 valence electrons. The zero-order chi connectivity index (χ0) is 25.4. The number of nitrogens with two attached hydrogens (primary N) is 1. The molecule has 0 spiro atoms. The van der Waals surface area contributed by atoms with Crippen LogP contribution >= 0.6 is 9.24 Å².